The van der Waals surface area contributed by atoms with Gasteiger partial charge in [0.25, 0.3) is 0 Å². The van der Waals surface area contributed by atoms with E-state index in [9.17, 15) is 0 Å². The third-order valence-corrected chi connectivity index (χ3v) is 4.18. The first-order chi connectivity index (χ1) is 6.58. The van der Waals surface area contributed by atoms with Crippen molar-refractivity contribution < 1.29 is 0 Å². The largest absolute Gasteiger partial charge is 0.309 e. The maximum absolute atomic E-state index is 3.59. The van der Waals surface area contributed by atoms with Crippen LogP contribution in [0.3, 0.4) is 0 Å². The molecule has 0 bridgehead atoms. The van der Waals surface area contributed by atoms with Crippen molar-refractivity contribution in [2.45, 2.75) is 57.5 Å². The van der Waals surface area contributed by atoms with E-state index in [0.717, 1.165) is 6.54 Å². The van der Waals surface area contributed by atoms with Gasteiger partial charge in [0, 0.05) is 30.7 Å². The highest BCUT2D eigenvalue weighted by Crippen LogP contribution is 2.41. The highest BCUT2D eigenvalue weighted by Gasteiger charge is 2.43. The molecule has 1 aliphatic carbocycles. The Bertz CT molecular complexity index is 201. The summed E-state index contributed by atoms with van der Waals surface area (Å²) >= 11 is 0. The minimum Gasteiger partial charge on any atom is -0.309 e. The summed E-state index contributed by atoms with van der Waals surface area (Å²) in [6.45, 7) is 10.6. The Kier molecular flexibility index (Phi) is 2.61. The van der Waals surface area contributed by atoms with Crippen molar-refractivity contribution in [1.29, 1.82) is 0 Å². The van der Waals surface area contributed by atoms with Gasteiger partial charge >= 0.3 is 0 Å². The molecule has 0 aromatic carbocycles. The van der Waals surface area contributed by atoms with E-state index in [0.29, 0.717) is 11.1 Å². The van der Waals surface area contributed by atoms with E-state index in [1.165, 1.54) is 38.8 Å². The second kappa shape index (κ2) is 3.49. The van der Waals surface area contributed by atoms with Crippen LogP contribution in [-0.4, -0.2) is 35.6 Å². The Hall–Kier alpha value is -0.0800. The average Bonchev–Trinajstić information content (AvgIpc) is 2.01. The van der Waals surface area contributed by atoms with E-state index in [4.69, 9.17) is 0 Å². The molecule has 2 fully saturated rings. The summed E-state index contributed by atoms with van der Waals surface area (Å²) in [6, 6.07) is 0. The van der Waals surface area contributed by atoms with Crippen molar-refractivity contribution in [3.63, 3.8) is 0 Å². The minimum atomic E-state index is 0.315. The number of nitrogens with one attached hydrogen (secondary N) is 1. The monoisotopic (exact) mass is 196 g/mol. The fourth-order valence-corrected chi connectivity index (χ4v) is 3.02. The molecule has 1 saturated carbocycles. The zero-order chi connectivity index (χ0) is 10.2. The predicted molar refractivity (Wildman–Crippen MR) is 60.5 cm³/mol. The van der Waals surface area contributed by atoms with Gasteiger partial charge in [0.05, 0.1) is 0 Å². The first-order valence-corrected chi connectivity index (χ1v) is 6.08. The Morgan fingerprint density at radius 1 is 1.29 bits per heavy atom. The molecule has 2 rings (SSSR count). The summed E-state index contributed by atoms with van der Waals surface area (Å²) in [6.07, 6.45) is 5.64. The van der Waals surface area contributed by atoms with Gasteiger partial charge in [-0.15, -0.1) is 0 Å². The number of hydrogen-bond acceptors (Lipinski definition) is 2. The molecule has 0 atom stereocenters. The van der Waals surface area contributed by atoms with Gasteiger partial charge in [0.15, 0.2) is 0 Å². The first kappa shape index (κ1) is 10.4. The molecular weight excluding hydrogens is 172 g/mol. The fraction of sp³-hybridized carbons (Fsp3) is 1.00. The summed E-state index contributed by atoms with van der Waals surface area (Å²) < 4.78 is 0. The Morgan fingerprint density at radius 2 is 2.00 bits per heavy atom. The van der Waals surface area contributed by atoms with Crippen LogP contribution in [0.1, 0.15) is 46.5 Å². The highest BCUT2D eigenvalue weighted by molar-refractivity contribution is 5.01. The van der Waals surface area contributed by atoms with Gasteiger partial charge in [-0.2, -0.15) is 0 Å². The van der Waals surface area contributed by atoms with Crippen molar-refractivity contribution >= 4 is 0 Å². The molecule has 1 saturated heterocycles. The van der Waals surface area contributed by atoms with Crippen LogP contribution < -0.4 is 5.32 Å². The number of rotatable bonds is 2. The van der Waals surface area contributed by atoms with E-state index in [1.807, 2.05) is 0 Å². The Balaban J connectivity index is 2.03. The molecule has 2 heteroatoms. The number of hydrogen-bond donors (Lipinski definition) is 1. The zero-order valence-corrected chi connectivity index (χ0v) is 9.90. The van der Waals surface area contributed by atoms with Crippen LogP contribution in [0.5, 0.6) is 0 Å². The lowest BCUT2D eigenvalue weighted by atomic mass is 9.72. The second-order valence-electron chi connectivity index (χ2n) is 5.66. The summed E-state index contributed by atoms with van der Waals surface area (Å²) in [5, 5.41) is 3.59. The Labute approximate surface area is 88.1 Å². The van der Waals surface area contributed by atoms with Crippen molar-refractivity contribution in [2.24, 2.45) is 0 Å². The maximum atomic E-state index is 3.59. The molecule has 2 aliphatic rings. The third-order valence-electron chi connectivity index (χ3n) is 4.18. The maximum Gasteiger partial charge on any atom is 0.0252 e. The molecule has 0 radical (unpaired) electrons. The Morgan fingerprint density at radius 3 is 2.43 bits per heavy atom. The lowest BCUT2D eigenvalue weighted by molar-refractivity contribution is -0.0210. The highest BCUT2D eigenvalue weighted by atomic mass is 15.3. The van der Waals surface area contributed by atoms with Crippen LogP contribution in [0.4, 0.5) is 0 Å². The van der Waals surface area contributed by atoms with Gasteiger partial charge in [-0.1, -0.05) is 6.92 Å². The van der Waals surface area contributed by atoms with E-state index < -0.39 is 0 Å². The quantitative estimate of drug-likeness (QED) is 0.727. The molecule has 0 aromatic rings. The SMILES string of the molecule is CCC1(N2CCNC(C)(C)C2)CCC1. The van der Waals surface area contributed by atoms with Gasteiger partial charge in [-0.05, 0) is 39.5 Å². The van der Waals surface area contributed by atoms with Gasteiger partial charge in [-0.25, -0.2) is 0 Å². The fourth-order valence-electron chi connectivity index (χ4n) is 3.02. The van der Waals surface area contributed by atoms with E-state index >= 15 is 0 Å². The number of nitrogens with zero attached hydrogens (tertiary/aromatic N) is 1. The van der Waals surface area contributed by atoms with Crippen molar-refractivity contribution in [3.8, 4) is 0 Å². The van der Waals surface area contributed by atoms with E-state index in [1.54, 1.807) is 0 Å². The molecular formula is C12H24N2. The van der Waals surface area contributed by atoms with E-state index in [-0.39, 0.29) is 0 Å². The molecule has 0 unspecified atom stereocenters. The van der Waals surface area contributed by atoms with Crippen molar-refractivity contribution in [3.05, 3.63) is 0 Å². The zero-order valence-electron chi connectivity index (χ0n) is 9.90. The second-order valence-corrected chi connectivity index (χ2v) is 5.66. The summed E-state index contributed by atoms with van der Waals surface area (Å²) in [5.74, 6) is 0. The lowest BCUT2D eigenvalue weighted by Gasteiger charge is -2.54. The van der Waals surface area contributed by atoms with Gasteiger partial charge in [0.1, 0.15) is 0 Å². The molecule has 82 valence electrons. The van der Waals surface area contributed by atoms with Crippen LogP contribution in [0.25, 0.3) is 0 Å². The summed E-state index contributed by atoms with van der Waals surface area (Å²) in [4.78, 5) is 2.74. The molecule has 0 spiro atoms. The topological polar surface area (TPSA) is 15.3 Å². The molecule has 1 aliphatic heterocycles. The molecule has 14 heavy (non-hydrogen) atoms. The van der Waals surface area contributed by atoms with E-state index in [2.05, 4.69) is 31.0 Å². The molecule has 1 N–H and O–H groups in total. The minimum absolute atomic E-state index is 0.315. The van der Waals surface area contributed by atoms with Gasteiger partial charge in [0.2, 0.25) is 0 Å². The van der Waals surface area contributed by atoms with Crippen LogP contribution in [0.2, 0.25) is 0 Å². The smallest absolute Gasteiger partial charge is 0.0252 e. The molecule has 0 amide bonds. The summed E-state index contributed by atoms with van der Waals surface area (Å²) in [5.41, 5.74) is 0.898. The van der Waals surface area contributed by atoms with Crippen LogP contribution >= 0.6 is 0 Å². The van der Waals surface area contributed by atoms with Crippen LogP contribution in [-0.2, 0) is 0 Å². The molecule has 0 aromatic heterocycles. The summed E-state index contributed by atoms with van der Waals surface area (Å²) in [7, 11) is 0. The first-order valence-electron chi connectivity index (χ1n) is 6.08. The predicted octanol–water partition coefficient (Wildman–Crippen LogP) is 2.00. The van der Waals surface area contributed by atoms with Crippen LogP contribution in [0.15, 0.2) is 0 Å². The van der Waals surface area contributed by atoms with Crippen molar-refractivity contribution in [2.75, 3.05) is 19.6 Å². The van der Waals surface area contributed by atoms with Crippen molar-refractivity contribution in [1.82, 2.24) is 10.2 Å². The average molecular weight is 196 g/mol. The van der Waals surface area contributed by atoms with Gasteiger partial charge in [-0.3, -0.25) is 4.90 Å². The third kappa shape index (κ3) is 1.70. The molecule has 1 heterocycles. The van der Waals surface area contributed by atoms with Crippen LogP contribution in [0, 0.1) is 0 Å². The lowest BCUT2D eigenvalue weighted by Crippen LogP contribution is -2.65. The molecule has 2 nitrogen and oxygen atoms in total. The normalized spacial score (nSPS) is 31.1. The standard InChI is InChI=1S/C12H24N2/c1-4-12(6-5-7-12)14-9-8-13-11(2,3)10-14/h13H,4-10H2,1-3H3. The number of piperazine rings is 1. The van der Waals surface area contributed by atoms with Gasteiger partial charge < -0.3 is 5.32 Å².